The number of benzene rings is 2. The molecule has 2 aromatic carbocycles. The normalized spacial score (nSPS) is 25.3. The van der Waals surface area contributed by atoms with Crippen molar-refractivity contribution in [1.29, 1.82) is 0 Å². The molecule has 2 heterocycles. The van der Waals surface area contributed by atoms with Gasteiger partial charge in [-0.2, -0.15) is 5.10 Å². The molecule has 186 valence electrons. The third-order valence-corrected chi connectivity index (χ3v) is 5.86. The van der Waals surface area contributed by atoms with Gasteiger partial charge in [0.15, 0.2) is 0 Å². The highest BCUT2D eigenvalue weighted by Gasteiger charge is 2.45. The van der Waals surface area contributed by atoms with E-state index in [1.54, 1.807) is 0 Å². The Labute approximate surface area is 204 Å². The molecule has 0 saturated carbocycles. The second-order valence-corrected chi connectivity index (χ2v) is 8.29. The molecule has 0 amide bonds. The average molecular weight is 508 g/mol. The summed E-state index contributed by atoms with van der Waals surface area (Å²) in [6.45, 7) is -0.606. The SMILES string of the molecule is OC[C@H]1O[C@@H](OC(=C(Cn2cncn2)c2ccc(F)cc2)c2cc(O)ccc2Cl)[C@H](O)[C@@H](O)[C@@H]1O. The van der Waals surface area contributed by atoms with E-state index in [1.165, 1.54) is 59.8 Å². The van der Waals surface area contributed by atoms with E-state index >= 15 is 0 Å². The van der Waals surface area contributed by atoms with Gasteiger partial charge in [-0.3, -0.25) is 0 Å². The summed E-state index contributed by atoms with van der Waals surface area (Å²) in [7, 11) is 0. The minimum Gasteiger partial charge on any atom is -0.508 e. The van der Waals surface area contributed by atoms with E-state index < -0.39 is 43.1 Å². The molecule has 1 aromatic heterocycles. The molecule has 35 heavy (non-hydrogen) atoms. The third-order valence-electron chi connectivity index (χ3n) is 5.53. The number of aliphatic hydroxyl groups excluding tert-OH is 4. The number of aromatic nitrogens is 3. The molecule has 3 aromatic rings. The zero-order valence-corrected chi connectivity index (χ0v) is 18.9. The van der Waals surface area contributed by atoms with Crippen LogP contribution in [0.4, 0.5) is 4.39 Å². The van der Waals surface area contributed by atoms with Crippen LogP contribution in [0.5, 0.6) is 5.75 Å². The van der Waals surface area contributed by atoms with Crippen LogP contribution in [-0.2, 0) is 16.0 Å². The van der Waals surface area contributed by atoms with Crippen molar-refractivity contribution in [1.82, 2.24) is 14.8 Å². The molecule has 12 heteroatoms. The molecule has 10 nitrogen and oxygen atoms in total. The summed E-state index contributed by atoms with van der Waals surface area (Å²) in [5.41, 5.74) is 1.07. The monoisotopic (exact) mass is 507 g/mol. The van der Waals surface area contributed by atoms with E-state index in [-0.39, 0.29) is 28.6 Å². The Balaban J connectivity index is 1.88. The predicted octanol–water partition coefficient (Wildman–Crippen LogP) is 1.16. The number of phenols is 1. The maximum absolute atomic E-state index is 13.7. The van der Waals surface area contributed by atoms with Crippen molar-refractivity contribution >= 4 is 22.9 Å². The molecule has 0 radical (unpaired) electrons. The Kier molecular flexibility index (Phi) is 7.65. The lowest BCUT2D eigenvalue weighted by Gasteiger charge is -2.40. The van der Waals surface area contributed by atoms with Crippen LogP contribution in [-0.4, -0.2) is 77.6 Å². The maximum Gasteiger partial charge on any atom is 0.229 e. The second kappa shape index (κ2) is 10.7. The highest BCUT2D eigenvalue weighted by molar-refractivity contribution is 6.32. The number of phenolic OH excluding ortho intramolecular Hbond substituents is 1. The van der Waals surface area contributed by atoms with E-state index in [2.05, 4.69) is 10.1 Å². The molecular weight excluding hydrogens is 485 g/mol. The zero-order chi connectivity index (χ0) is 25.1. The van der Waals surface area contributed by atoms with Crippen LogP contribution in [0, 0.1) is 5.82 Å². The summed E-state index contributed by atoms with van der Waals surface area (Å²) in [5.74, 6) is -0.600. The van der Waals surface area contributed by atoms with Crippen molar-refractivity contribution in [3.05, 3.63) is 77.1 Å². The van der Waals surface area contributed by atoms with Gasteiger partial charge in [0, 0.05) is 11.1 Å². The quantitative estimate of drug-likeness (QED) is 0.234. The van der Waals surface area contributed by atoms with Crippen LogP contribution in [0.15, 0.2) is 55.1 Å². The first-order valence-corrected chi connectivity index (χ1v) is 10.9. The number of aromatic hydroxyl groups is 1. The summed E-state index contributed by atoms with van der Waals surface area (Å²) >= 11 is 6.44. The van der Waals surface area contributed by atoms with Crippen LogP contribution >= 0.6 is 11.6 Å². The largest absolute Gasteiger partial charge is 0.508 e. The van der Waals surface area contributed by atoms with Gasteiger partial charge in [-0.25, -0.2) is 14.1 Å². The molecule has 0 bridgehead atoms. The molecule has 1 fully saturated rings. The van der Waals surface area contributed by atoms with Gasteiger partial charge in [0.25, 0.3) is 0 Å². The van der Waals surface area contributed by atoms with Crippen molar-refractivity contribution in [3.63, 3.8) is 0 Å². The van der Waals surface area contributed by atoms with Crippen molar-refractivity contribution in [2.45, 2.75) is 37.3 Å². The molecular formula is C23H23ClFN3O7. The van der Waals surface area contributed by atoms with Gasteiger partial charge in [-0.1, -0.05) is 23.7 Å². The van der Waals surface area contributed by atoms with Crippen molar-refractivity contribution in [3.8, 4) is 5.75 Å². The molecule has 4 rings (SSSR count). The molecule has 5 N–H and O–H groups in total. The highest BCUT2D eigenvalue weighted by Crippen LogP contribution is 2.37. The number of hydrogen-bond donors (Lipinski definition) is 5. The van der Waals surface area contributed by atoms with Crippen molar-refractivity contribution < 1.29 is 39.4 Å². The molecule has 1 saturated heterocycles. The fraction of sp³-hybridized carbons (Fsp3) is 0.304. The van der Waals surface area contributed by atoms with Gasteiger partial charge in [0.2, 0.25) is 6.29 Å². The third kappa shape index (κ3) is 5.45. The van der Waals surface area contributed by atoms with Crippen molar-refractivity contribution in [2.24, 2.45) is 0 Å². The van der Waals surface area contributed by atoms with E-state index in [1.807, 2.05) is 0 Å². The Morgan fingerprint density at radius 2 is 1.83 bits per heavy atom. The number of aliphatic hydroxyl groups is 4. The topological polar surface area (TPSA) is 150 Å². The summed E-state index contributed by atoms with van der Waals surface area (Å²) in [5, 5.41) is 54.9. The Morgan fingerprint density at radius 1 is 1.09 bits per heavy atom. The smallest absolute Gasteiger partial charge is 0.229 e. The molecule has 1 aliphatic heterocycles. The highest BCUT2D eigenvalue weighted by atomic mass is 35.5. The Bertz CT molecular complexity index is 1170. The van der Waals surface area contributed by atoms with E-state index in [0.717, 1.165) is 0 Å². The Morgan fingerprint density at radius 3 is 2.49 bits per heavy atom. The van der Waals surface area contributed by atoms with Crippen LogP contribution in [0.25, 0.3) is 11.3 Å². The number of rotatable bonds is 7. The summed E-state index contributed by atoms with van der Waals surface area (Å²) in [6.07, 6.45) is -4.98. The molecule has 5 atom stereocenters. The minimum absolute atomic E-state index is 0.0114. The molecule has 0 unspecified atom stereocenters. The van der Waals surface area contributed by atoms with Crippen LogP contribution in [0.2, 0.25) is 5.02 Å². The fourth-order valence-electron chi connectivity index (χ4n) is 3.69. The second-order valence-electron chi connectivity index (χ2n) is 7.89. The summed E-state index contributed by atoms with van der Waals surface area (Å²) in [6, 6.07) is 9.60. The van der Waals surface area contributed by atoms with E-state index in [0.29, 0.717) is 11.1 Å². The van der Waals surface area contributed by atoms with Crippen LogP contribution in [0.3, 0.4) is 0 Å². The van der Waals surface area contributed by atoms with Gasteiger partial charge in [0.05, 0.1) is 18.2 Å². The Hall–Kier alpha value is -3.06. The number of nitrogens with zero attached hydrogens (tertiary/aromatic N) is 3. The first-order chi connectivity index (χ1) is 16.8. The van der Waals surface area contributed by atoms with Crippen LogP contribution in [0.1, 0.15) is 11.1 Å². The van der Waals surface area contributed by atoms with E-state index in [9.17, 15) is 29.9 Å². The minimum atomic E-state index is -1.71. The first-order valence-electron chi connectivity index (χ1n) is 10.6. The predicted molar refractivity (Wildman–Crippen MR) is 121 cm³/mol. The van der Waals surface area contributed by atoms with E-state index in [4.69, 9.17) is 21.1 Å². The summed E-state index contributed by atoms with van der Waals surface area (Å²) < 4.78 is 26.7. The first kappa shape index (κ1) is 25.0. The van der Waals surface area contributed by atoms with Gasteiger partial charge >= 0.3 is 0 Å². The standard InChI is InChI=1S/C23H23ClFN3O7/c24-17-6-5-14(30)7-15(17)22(35-23-21(33)20(32)19(31)18(9-29)34-23)16(8-28-11-26-10-27-28)12-1-3-13(25)4-2-12/h1-7,10-11,18-21,23,29-33H,8-9H2/t18-,19-,20+,21-,23+/m1/s1. The van der Waals surface area contributed by atoms with Gasteiger partial charge in [0.1, 0.15) is 54.4 Å². The van der Waals surface area contributed by atoms with Gasteiger partial charge in [-0.15, -0.1) is 0 Å². The number of allylic oxidation sites excluding steroid dienone is 1. The lowest BCUT2D eigenvalue weighted by molar-refractivity contribution is -0.284. The maximum atomic E-state index is 13.7. The lowest BCUT2D eigenvalue weighted by atomic mass is 9.98. The average Bonchev–Trinajstić information content (AvgIpc) is 3.37. The fourth-order valence-corrected chi connectivity index (χ4v) is 3.89. The number of hydrogen-bond acceptors (Lipinski definition) is 9. The van der Waals surface area contributed by atoms with Crippen LogP contribution < -0.4 is 0 Å². The molecule has 0 spiro atoms. The van der Waals surface area contributed by atoms with Gasteiger partial charge in [-0.05, 0) is 35.9 Å². The number of halogens is 2. The van der Waals surface area contributed by atoms with Gasteiger partial charge < -0.3 is 35.0 Å². The lowest BCUT2D eigenvalue weighted by Crippen LogP contribution is -2.59. The molecule has 0 aliphatic carbocycles. The number of ether oxygens (including phenoxy) is 2. The summed E-state index contributed by atoms with van der Waals surface area (Å²) in [4.78, 5) is 3.92. The zero-order valence-electron chi connectivity index (χ0n) is 18.1. The van der Waals surface area contributed by atoms with Crippen molar-refractivity contribution in [2.75, 3.05) is 6.61 Å². The molecule has 1 aliphatic rings.